The van der Waals surface area contributed by atoms with Gasteiger partial charge in [-0.05, 0) is 36.8 Å². The average Bonchev–Trinajstić information content (AvgIpc) is 2.95. The molecule has 2 aromatic rings. The van der Waals surface area contributed by atoms with Gasteiger partial charge in [-0.15, -0.1) is 0 Å². The Bertz CT molecular complexity index is 540. The first-order valence-electron chi connectivity index (χ1n) is 6.41. The maximum atomic E-state index is 11.6. The van der Waals surface area contributed by atoms with E-state index < -0.39 is 0 Å². The summed E-state index contributed by atoms with van der Waals surface area (Å²) in [4.78, 5) is 11.6. The zero-order valence-corrected chi connectivity index (χ0v) is 11.7. The lowest BCUT2D eigenvalue weighted by Gasteiger charge is -2.07. The van der Waals surface area contributed by atoms with E-state index in [-0.39, 0.29) is 12.5 Å². The van der Waals surface area contributed by atoms with Crippen molar-refractivity contribution in [3.05, 3.63) is 53.4 Å². The molecule has 1 N–H and O–H groups in total. The van der Waals surface area contributed by atoms with Crippen molar-refractivity contribution in [1.29, 1.82) is 0 Å². The number of hydrogen-bond acceptors (Lipinski definition) is 3. The molecule has 1 heterocycles. The van der Waals surface area contributed by atoms with Gasteiger partial charge in [-0.25, -0.2) is 0 Å². The maximum absolute atomic E-state index is 11.6. The first-order valence-corrected chi connectivity index (χ1v) is 6.79. The van der Waals surface area contributed by atoms with Gasteiger partial charge in [0.15, 0.2) is 6.61 Å². The Hall–Kier alpha value is -1.94. The molecule has 5 heteroatoms. The molecule has 0 saturated heterocycles. The number of carbonyl (C=O) groups is 1. The number of amides is 1. The van der Waals surface area contributed by atoms with Gasteiger partial charge in [0.05, 0.1) is 6.26 Å². The second-order valence-corrected chi connectivity index (χ2v) is 4.72. The topological polar surface area (TPSA) is 51.5 Å². The molecule has 2 rings (SSSR count). The van der Waals surface area contributed by atoms with E-state index in [1.54, 1.807) is 30.5 Å². The van der Waals surface area contributed by atoms with Crippen LogP contribution in [-0.2, 0) is 11.2 Å². The highest BCUT2D eigenvalue weighted by atomic mass is 35.5. The molecule has 0 saturated carbocycles. The van der Waals surface area contributed by atoms with E-state index in [0.29, 0.717) is 17.3 Å². The summed E-state index contributed by atoms with van der Waals surface area (Å²) in [5.74, 6) is 1.36. The number of aryl methyl sites for hydroxylation is 1. The van der Waals surface area contributed by atoms with E-state index in [9.17, 15) is 4.79 Å². The zero-order valence-electron chi connectivity index (χ0n) is 11.0. The largest absolute Gasteiger partial charge is 0.484 e. The molecule has 20 heavy (non-hydrogen) atoms. The number of benzene rings is 1. The van der Waals surface area contributed by atoms with Gasteiger partial charge in [-0.2, -0.15) is 0 Å². The molecule has 1 aromatic carbocycles. The molecule has 106 valence electrons. The highest BCUT2D eigenvalue weighted by Crippen LogP contribution is 2.16. The molecular formula is C15H16ClNO3. The van der Waals surface area contributed by atoms with Gasteiger partial charge in [0.2, 0.25) is 0 Å². The summed E-state index contributed by atoms with van der Waals surface area (Å²) in [6, 6.07) is 10.7. The summed E-state index contributed by atoms with van der Waals surface area (Å²) in [6.07, 6.45) is 3.28. The van der Waals surface area contributed by atoms with Crippen molar-refractivity contribution >= 4 is 17.5 Å². The minimum absolute atomic E-state index is 0.0128. The third-order valence-electron chi connectivity index (χ3n) is 2.67. The summed E-state index contributed by atoms with van der Waals surface area (Å²) < 4.78 is 10.5. The van der Waals surface area contributed by atoms with Gasteiger partial charge in [0, 0.05) is 18.0 Å². The quantitative estimate of drug-likeness (QED) is 0.798. The van der Waals surface area contributed by atoms with E-state index in [4.69, 9.17) is 20.8 Å². The molecule has 0 aliphatic heterocycles. The Balaban J connectivity index is 1.61. The lowest BCUT2D eigenvalue weighted by atomic mass is 10.2. The summed E-state index contributed by atoms with van der Waals surface area (Å²) in [5.41, 5.74) is 0. The van der Waals surface area contributed by atoms with Crippen molar-refractivity contribution in [3.8, 4) is 5.75 Å². The van der Waals surface area contributed by atoms with Crippen LogP contribution in [0.3, 0.4) is 0 Å². The van der Waals surface area contributed by atoms with E-state index in [2.05, 4.69) is 5.32 Å². The molecule has 0 spiro atoms. The van der Waals surface area contributed by atoms with E-state index in [0.717, 1.165) is 18.6 Å². The normalized spacial score (nSPS) is 10.2. The first kappa shape index (κ1) is 14.5. The standard InChI is InChI=1S/C15H16ClNO3/c16-12-4-1-5-14(10-12)20-11-15(18)17-8-2-6-13-7-3-9-19-13/h1,3-5,7,9-10H,2,6,8,11H2,(H,17,18). The molecule has 0 bridgehead atoms. The van der Waals surface area contributed by atoms with Gasteiger partial charge < -0.3 is 14.5 Å². The number of carbonyl (C=O) groups excluding carboxylic acids is 1. The van der Waals surface area contributed by atoms with Gasteiger partial charge in [-0.3, -0.25) is 4.79 Å². The van der Waals surface area contributed by atoms with Crippen LogP contribution in [0.15, 0.2) is 47.1 Å². The molecule has 1 aromatic heterocycles. The van der Waals surface area contributed by atoms with Crippen LogP contribution in [0.1, 0.15) is 12.2 Å². The molecule has 0 fully saturated rings. The lowest BCUT2D eigenvalue weighted by Crippen LogP contribution is -2.29. The number of furan rings is 1. The molecule has 4 nitrogen and oxygen atoms in total. The summed E-state index contributed by atoms with van der Waals surface area (Å²) in [7, 11) is 0. The zero-order chi connectivity index (χ0) is 14.2. The molecule has 0 aliphatic rings. The van der Waals surface area contributed by atoms with Crippen LogP contribution in [0.25, 0.3) is 0 Å². The van der Waals surface area contributed by atoms with Crippen molar-refractivity contribution in [2.24, 2.45) is 0 Å². The first-order chi connectivity index (χ1) is 9.74. The van der Waals surface area contributed by atoms with E-state index in [1.165, 1.54) is 0 Å². The van der Waals surface area contributed by atoms with Gasteiger partial charge in [-0.1, -0.05) is 17.7 Å². The van der Waals surface area contributed by atoms with Crippen LogP contribution < -0.4 is 10.1 Å². The fraction of sp³-hybridized carbons (Fsp3) is 0.267. The number of halogens is 1. The summed E-state index contributed by atoms with van der Waals surface area (Å²) in [6.45, 7) is 0.583. The molecule has 1 amide bonds. The number of hydrogen-bond donors (Lipinski definition) is 1. The predicted molar refractivity (Wildman–Crippen MR) is 77.0 cm³/mol. The van der Waals surface area contributed by atoms with E-state index in [1.807, 2.05) is 12.1 Å². The Morgan fingerprint density at radius 2 is 2.20 bits per heavy atom. The molecule has 0 aliphatic carbocycles. The third kappa shape index (κ3) is 4.97. The Morgan fingerprint density at radius 1 is 1.30 bits per heavy atom. The second-order valence-electron chi connectivity index (χ2n) is 4.28. The number of nitrogens with one attached hydrogen (secondary N) is 1. The second kappa shape index (κ2) is 7.60. The van der Waals surface area contributed by atoms with Gasteiger partial charge in [0.25, 0.3) is 5.91 Å². The van der Waals surface area contributed by atoms with Crippen molar-refractivity contribution < 1.29 is 13.9 Å². The van der Waals surface area contributed by atoms with Crippen molar-refractivity contribution in [3.63, 3.8) is 0 Å². The molecule has 0 unspecified atom stereocenters. The van der Waals surface area contributed by atoms with Crippen molar-refractivity contribution in [1.82, 2.24) is 5.32 Å². The third-order valence-corrected chi connectivity index (χ3v) is 2.90. The van der Waals surface area contributed by atoms with Crippen LogP contribution in [0, 0.1) is 0 Å². The molecule has 0 atom stereocenters. The van der Waals surface area contributed by atoms with Crippen LogP contribution in [-0.4, -0.2) is 19.1 Å². The van der Waals surface area contributed by atoms with Gasteiger partial charge in [0.1, 0.15) is 11.5 Å². The van der Waals surface area contributed by atoms with E-state index >= 15 is 0 Å². The van der Waals surface area contributed by atoms with Crippen LogP contribution in [0.2, 0.25) is 5.02 Å². The fourth-order valence-electron chi connectivity index (χ4n) is 1.70. The highest BCUT2D eigenvalue weighted by Gasteiger charge is 2.03. The van der Waals surface area contributed by atoms with Crippen LogP contribution in [0.5, 0.6) is 5.75 Å². The Kier molecular flexibility index (Phi) is 5.50. The number of ether oxygens (including phenoxy) is 1. The Morgan fingerprint density at radius 3 is 2.95 bits per heavy atom. The van der Waals surface area contributed by atoms with Crippen LogP contribution >= 0.6 is 11.6 Å². The SMILES string of the molecule is O=C(COc1cccc(Cl)c1)NCCCc1ccco1. The van der Waals surface area contributed by atoms with Crippen molar-refractivity contribution in [2.45, 2.75) is 12.8 Å². The highest BCUT2D eigenvalue weighted by molar-refractivity contribution is 6.30. The monoisotopic (exact) mass is 293 g/mol. The smallest absolute Gasteiger partial charge is 0.257 e. The predicted octanol–water partition coefficient (Wildman–Crippen LogP) is 3.06. The average molecular weight is 294 g/mol. The minimum atomic E-state index is -0.149. The fourth-order valence-corrected chi connectivity index (χ4v) is 1.88. The van der Waals surface area contributed by atoms with Crippen LogP contribution in [0.4, 0.5) is 0 Å². The van der Waals surface area contributed by atoms with Crippen molar-refractivity contribution in [2.75, 3.05) is 13.2 Å². The minimum Gasteiger partial charge on any atom is -0.484 e. The molecular weight excluding hydrogens is 278 g/mol. The lowest BCUT2D eigenvalue weighted by molar-refractivity contribution is -0.123. The van der Waals surface area contributed by atoms with Gasteiger partial charge >= 0.3 is 0 Å². The summed E-state index contributed by atoms with van der Waals surface area (Å²) >= 11 is 5.82. The Labute approximate surface area is 122 Å². The number of rotatable bonds is 7. The summed E-state index contributed by atoms with van der Waals surface area (Å²) in [5, 5.41) is 3.38. The molecule has 0 radical (unpaired) electrons. The maximum Gasteiger partial charge on any atom is 0.257 e.